The van der Waals surface area contributed by atoms with E-state index in [1.165, 1.54) is 0 Å². The predicted molar refractivity (Wildman–Crippen MR) is 132 cm³/mol. The highest BCUT2D eigenvalue weighted by atomic mass is 16.4. The van der Waals surface area contributed by atoms with Crippen molar-refractivity contribution in [3.8, 4) is 11.1 Å². The Hall–Kier alpha value is -4.32. The fraction of sp³-hybridized carbons (Fsp3) is 0.143. The number of hydrogen-bond donors (Lipinski definition) is 1. The Labute approximate surface area is 198 Å². The Bertz CT molecular complexity index is 1320. The van der Waals surface area contributed by atoms with Gasteiger partial charge in [0, 0.05) is 6.42 Å². The first-order valence-electron chi connectivity index (χ1n) is 11.1. The lowest BCUT2D eigenvalue weighted by molar-refractivity contribution is 0.0697. The van der Waals surface area contributed by atoms with E-state index in [9.17, 15) is 14.7 Å². The van der Waals surface area contributed by atoms with Crippen molar-refractivity contribution in [2.24, 2.45) is 0 Å². The molecule has 0 bridgehead atoms. The molecule has 0 atom stereocenters. The van der Waals surface area contributed by atoms with E-state index in [4.69, 9.17) is 0 Å². The molecule has 1 N–H and O–H groups in total. The molecule has 4 rings (SSSR count). The highest BCUT2D eigenvalue weighted by Crippen LogP contribution is 2.24. The number of rotatable bonds is 9. The number of carboxylic acids is 1. The molecular weight excluding hydrogens is 426 g/mol. The van der Waals surface area contributed by atoms with Crippen LogP contribution in [0.2, 0.25) is 0 Å². The summed E-state index contributed by atoms with van der Waals surface area (Å²) in [7, 11) is 0. The Morgan fingerprint density at radius 2 is 1.62 bits per heavy atom. The molecule has 0 aliphatic heterocycles. The summed E-state index contributed by atoms with van der Waals surface area (Å²) < 4.78 is 1.73. The molecule has 0 fully saturated rings. The van der Waals surface area contributed by atoms with Crippen molar-refractivity contribution in [2.75, 3.05) is 0 Å². The molecule has 4 aromatic rings. The fourth-order valence-corrected chi connectivity index (χ4v) is 3.68. The van der Waals surface area contributed by atoms with Gasteiger partial charge in [-0.3, -0.25) is 4.79 Å². The third-order valence-electron chi connectivity index (χ3n) is 5.41. The smallest absolute Gasteiger partial charge is 0.336 e. The molecule has 0 saturated heterocycles. The van der Waals surface area contributed by atoms with Gasteiger partial charge < -0.3 is 5.11 Å². The van der Waals surface area contributed by atoms with Gasteiger partial charge in [-0.25, -0.2) is 14.5 Å². The number of carbonyl (C=O) groups excluding carboxylic acids is 1. The number of carbonyl (C=O) groups is 2. The van der Waals surface area contributed by atoms with Gasteiger partial charge in [-0.05, 0) is 40.8 Å². The standard InChI is InChI=1S/C28H25N3O3/c1-2-3-13-26-29-27(25(32)18-20-9-5-4-6-10-20)30-31(26)19-21-14-16-22(17-15-21)23-11-7-8-12-24(23)28(33)34/h3-17H,2,18-19H2,1H3,(H,33,34)/b13-3+. The lowest BCUT2D eigenvalue weighted by atomic mass is 9.99. The lowest BCUT2D eigenvalue weighted by Crippen LogP contribution is -2.08. The zero-order valence-corrected chi connectivity index (χ0v) is 18.9. The zero-order chi connectivity index (χ0) is 23.9. The number of Topliss-reactive ketones (excluding diaryl/α,β-unsaturated/α-hetero) is 1. The molecule has 0 saturated carbocycles. The number of aromatic nitrogens is 3. The first kappa shape index (κ1) is 22.9. The summed E-state index contributed by atoms with van der Waals surface area (Å²) in [6, 6.07) is 24.2. The van der Waals surface area contributed by atoms with E-state index in [1.54, 1.807) is 22.9 Å². The maximum absolute atomic E-state index is 12.8. The number of hydrogen-bond acceptors (Lipinski definition) is 4. The van der Waals surface area contributed by atoms with Crippen LogP contribution in [0.25, 0.3) is 17.2 Å². The minimum absolute atomic E-state index is 0.128. The molecule has 1 aromatic heterocycles. The van der Waals surface area contributed by atoms with Gasteiger partial charge in [0.25, 0.3) is 0 Å². The molecule has 170 valence electrons. The molecule has 0 radical (unpaired) electrons. The van der Waals surface area contributed by atoms with Gasteiger partial charge in [-0.2, -0.15) is 0 Å². The van der Waals surface area contributed by atoms with E-state index in [0.717, 1.165) is 23.1 Å². The second kappa shape index (κ2) is 10.5. The number of ketones is 1. The second-order valence-electron chi connectivity index (χ2n) is 7.90. The van der Waals surface area contributed by atoms with Gasteiger partial charge in [0.2, 0.25) is 11.6 Å². The number of allylic oxidation sites excluding steroid dienone is 1. The van der Waals surface area contributed by atoms with Gasteiger partial charge in [-0.1, -0.05) is 85.8 Å². The van der Waals surface area contributed by atoms with Crippen LogP contribution in [-0.4, -0.2) is 31.6 Å². The summed E-state index contributed by atoms with van der Waals surface area (Å²) in [4.78, 5) is 28.8. The fourth-order valence-electron chi connectivity index (χ4n) is 3.68. The van der Waals surface area contributed by atoms with Crippen molar-refractivity contribution in [3.05, 3.63) is 113 Å². The molecule has 0 aliphatic carbocycles. The monoisotopic (exact) mass is 451 g/mol. The van der Waals surface area contributed by atoms with Gasteiger partial charge >= 0.3 is 5.97 Å². The van der Waals surface area contributed by atoms with Crippen LogP contribution in [0.4, 0.5) is 0 Å². The number of nitrogens with zero attached hydrogens (tertiary/aromatic N) is 3. The van der Waals surface area contributed by atoms with Gasteiger partial charge in [0.15, 0.2) is 5.82 Å². The van der Waals surface area contributed by atoms with E-state index in [-0.39, 0.29) is 23.6 Å². The number of benzene rings is 3. The normalized spacial score (nSPS) is 11.1. The molecule has 34 heavy (non-hydrogen) atoms. The summed E-state index contributed by atoms with van der Waals surface area (Å²) in [5, 5.41) is 14.0. The maximum atomic E-state index is 12.8. The summed E-state index contributed by atoms with van der Waals surface area (Å²) in [5.41, 5.74) is 3.65. The summed E-state index contributed by atoms with van der Waals surface area (Å²) in [5.74, 6) is -0.260. The minimum atomic E-state index is -0.956. The zero-order valence-electron chi connectivity index (χ0n) is 18.9. The molecule has 3 aromatic carbocycles. The number of aromatic carboxylic acids is 1. The van der Waals surface area contributed by atoms with E-state index in [2.05, 4.69) is 10.1 Å². The van der Waals surface area contributed by atoms with Crippen LogP contribution in [-0.2, 0) is 13.0 Å². The van der Waals surface area contributed by atoms with Crippen LogP contribution in [0.15, 0.2) is 84.9 Å². The quantitative estimate of drug-likeness (QED) is 0.338. The van der Waals surface area contributed by atoms with E-state index < -0.39 is 5.97 Å². The van der Waals surface area contributed by atoms with Crippen molar-refractivity contribution in [1.29, 1.82) is 0 Å². The van der Waals surface area contributed by atoms with E-state index >= 15 is 0 Å². The van der Waals surface area contributed by atoms with Crippen LogP contribution >= 0.6 is 0 Å². The summed E-state index contributed by atoms with van der Waals surface area (Å²) in [6.45, 7) is 2.47. The lowest BCUT2D eigenvalue weighted by Gasteiger charge is -2.08. The van der Waals surface area contributed by atoms with Crippen molar-refractivity contribution in [1.82, 2.24) is 14.8 Å². The van der Waals surface area contributed by atoms with Crippen LogP contribution < -0.4 is 0 Å². The van der Waals surface area contributed by atoms with Crippen molar-refractivity contribution >= 4 is 17.8 Å². The molecule has 6 heteroatoms. The van der Waals surface area contributed by atoms with Crippen molar-refractivity contribution < 1.29 is 14.7 Å². The van der Waals surface area contributed by atoms with Crippen molar-refractivity contribution in [3.63, 3.8) is 0 Å². The maximum Gasteiger partial charge on any atom is 0.336 e. The third-order valence-corrected chi connectivity index (χ3v) is 5.41. The molecule has 0 unspecified atom stereocenters. The molecule has 0 aliphatic rings. The molecule has 0 spiro atoms. The number of carboxylic acid groups (broad SMARTS) is 1. The SMILES string of the molecule is CC/C=C/c1nc(C(=O)Cc2ccccc2)nn1Cc1ccc(-c2ccccc2C(=O)O)cc1. The van der Waals surface area contributed by atoms with Crippen LogP contribution in [0.5, 0.6) is 0 Å². The predicted octanol–water partition coefficient (Wildman–Crippen LogP) is 5.54. The van der Waals surface area contributed by atoms with Gasteiger partial charge in [0.1, 0.15) is 0 Å². The van der Waals surface area contributed by atoms with E-state index in [1.807, 2.05) is 79.7 Å². The van der Waals surface area contributed by atoms with Crippen LogP contribution in [0.1, 0.15) is 51.3 Å². The topological polar surface area (TPSA) is 85.1 Å². The Morgan fingerprint density at radius 1 is 0.912 bits per heavy atom. The first-order valence-corrected chi connectivity index (χ1v) is 11.1. The molecular formula is C28H25N3O3. The Balaban J connectivity index is 1.57. The minimum Gasteiger partial charge on any atom is -0.478 e. The molecule has 6 nitrogen and oxygen atoms in total. The molecule has 1 heterocycles. The molecule has 0 amide bonds. The summed E-state index contributed by atoms with van der Waals surface area (Å²) in [6.07, 6.45) is 4.96. The average molecular weight is 452 g/mol. The highest BCUT2D eigenvalue weighted by Gasteiger charge is 2.16. The Kier molecular flexibility index (Phi) is 7.08. The second-order valence-corrected chi connectivity index (χ2v) is 7.90. The average Bonchev–Trinajstić information content (AvgIpc) is 3.26. The highest BCUT2D eigenvalue weighted by molar-refractivity contribution is 5.96. The first-order chi connectivity index (χ1) is 16.5. The van der Waals surface area contributed by atoms with Crippen molar-refractivity contribution in [2.45, 2.75) is 26.3 Å². The van der Waals surface area contributed by atoms with Crippen LogP contribution in [0, 0.1) is 0 Å². The van der Waals surface area contributed by atoms with Gasteiger partial charge in [0.05, 0.1) is 12.1 Å². The van der Waals surface area contributed by atoms with Crippen LogP contribution in [0.3, 0.4) is 0 Å². The largest absolute Gasteiger partial charge is 0.478 e. The Morgan fingerprint density at radius 3 is 2.32 bits per heavy atom. The van der Waals surface area contributed by atoms with Gasteiger partial charge in [-0.15, -0.1) is 5.10 Å². The third kappa shape index (κ3) is 5.35. The summed E-state index contributed by atoms with van der Waals surface area (Å²) >= 11 is 0. The van der Waals surface area contributed by atoms with E-state index in [0.29, 0.717) is 17.9 Å².